The number of nitrogens with one attached hydrogen (secondary N) is 2. The number of ether oxygens (including phenoxy) is 1. The molecule has 2 amide bonds. The summed E-state index contributed by atoms with van der Waals surface area (Å²) in [5.74, 6) is -0.0328. The van der Waals surface area contributed by atoms with Crippen LogP contribution in [-0.4, -0.2) is 28.8 Å². The number of aryl methyl sites for hydroxylation is 1. The summed E-state index contributed by atoms with van der Waals surface area (Å²) in [5, 5.41) is 14.5. The van der Waals surface area contributed by atoms with E-state index in [1.54, 1.807) is 19.2 Å². The summed E-state index contributed by atoms with van der Waals surface area (Å²) in [6.45, 7) is 1.01. The molecule has 2 heterocycles. The lowest BCUT2D eigenvalue weighted by atomic mass is 9.82. The van der Waals surface area contributed by atoms with Gasteiger partial charge < -0.3 is 14.6 Å². The van der Waals surface area contributed by atoms with Gasteiger partial charge in [-0.2, -0.15) is 5.26 Å². The monoisotopic (exact) mass is 353 g/mol. The maximum Gasteiger partial charge on any atom is 0.321 e. The lowest BCUT2D eigenvalue weighted by Gasteiger charge is -2.38. The molecule has 1 aromatic carbocycles. The van der Waals surface area contributed by atoms with Gasteiger partial charge in [0.2, 0.25) is 5.82 Å². The Bertz CT molecular complexity index is 892. The Morgan fingerprint density at radius 1 is 1.31 bits per heavy atom. The molecular weight excluding hydrogens is 334 g/mol. The maximum atomic E-state index is 12.5. The Balaban J connectivity index is 1.84. The van der Waals surface area contributed by atoms with E-state index in [0.717, 1.165) is 5.56 Å². The molecule has 2 aromatic rings. The van der Waals surface area contributed by atoms with Gasteiger partial charge in [0.05, 0.1) is 17.2 Å². The number of nitriles is 1. The quantitative estimate of drug-likeness (QED) is 0.869. The predicted octanol–water partition coefficient (Wildman–Crippen LogP) is 1.48. The molecule has 134 valence electrons. The minimum absolute atomic E-state index is 0.0328. The Kier molecular flexibility index (Phi) is 5.00. The van der Waals surface area contributed by atoms with E-state index in [0.29, 0.717) is 31.6 Å². The van der Waals surface area contributed by atoms with Gasteiger partial charge in [-0.1, -0.05) is 12.1 Å². The van der Waals surface area contributed by atoms with E-state index in [1.165, 1.54) is 17.0 Å². The number of amides is 2. The van der Waals surface area contributed by atoms with Crippen LogP contribution < -0.4 is 16.2 Å². The number of urea groups is 1. The van der Waals surface area contributed by atoms with E-state index in [2.05, 4.69) is 21.7 Å². The zero-order chi connectivity index (χ0) is 18.6. The minimum Gasteiger partial charge on any atom is -0.381 e. The summed E-state index contributed by atoms with van der Waals surface area (Å²) in [6, 6.07) is 8.70. The fourth-order valence-electron chi connectivity index (χ4n) is 3.01. The van der Waals surface area contributed by atoms with Crippen molar-refractivity contribution < 1.29 is 9.53 Å². The number of anilines is 1. The second kappa shape index (κ2) is 7.37. The zero-order valence-corrected chi connectivity index (χ0v) is 14.4. The lowest BCUT2D eigenvalue weighted by Crippen LogP contribution is -2.51. The van der Waals surface area contributed by atoms with E-state index in [4.69, 9.17) is 10.00 Å². The molecule has 0 atom stereocenters. The standard InChI is InChI=1S/C18H19N5O3/c1-23-9-8-20-15(16(23)24)21-17(25)22-18(6-10-26-11-7-18)14-4-2-13(12-19)3-5-14/h2-5,8-9H,6-7,10-11H2,1H3,(H2,20,21,22,25). The van der Waals surface area contributed by atoms with Crippen LogP contribution in [0, 0.1) is 11.3 Å². The van der Waals surface area contributed by atoms with Crippen LogP contribution in [0.4, 0.5) is 10.6 Å². The number of aromatic nitrogens is 2. The molecule has 0 aliphatic carbocycles. The van der Waals surface area contributed by atoms with Gasteiger partial charge in [0.15, 0.2) is 0 Å². The van der Waals surface area contributed by atoms with Gasteiger partial charge >= 0.3 is 6.03 Å². The van der Waals surface area contributed by atoms with E-state index in [9.17, 15) is 9.59 Å². The Labute approximate surface area is 150 Å². The zero-order valence-electron chi connectivity index (χ0n) is 14.4. The third-order valence-corrected chi connectivity index (χ3v) is 4.51. The highest BCUT2D eigenvalue weighted by atomic mass is 16.5. The average molecular weight is 353 g/mol. The largest absolute Gasteiger partial charge is 0.381 e. The number of nitrogens with zero attached hydrogens (tertiary/aromatic N) is 3. The molecule has 1 aromatic heterocycles. The first kappa shape index (κ1) is 17.6. The summed E-state index contributed by atoms with van der Waals surface area (Å²) < 4.78 is 6.78. The fraction of sp³-hybridized carbons (Fsp3) is 0.333. The Morgan fingerprint density at radius 2 is 2.00 bits per heavy atom. The molecule has 0 spiro atoms. The normalized spacial score (nSPS) is 15.7. The van der Waals surface area contributed by atoms with Crippen LogP contribution >= 0.6 is 0 Å². The van der Waals surface area contributed by atoms with Crippen molar-refractivity contribution in [3.05, 3.63) is 58.1 Å². The maximum absolute atomic E-state index is 12.5. The predicted molar refractivity (Wildman–Crippen MR) is 94.5 cm³/mol. The fourth-order valence-corrected chi connectivity index (χ4v) is 3.01. The molecule has 1 saturated heterocycles. The third kappa shape index (κ3) is 3.58. The third-order valence-electron chi connectivity index (χ3n) is 4.51. The molecule has 0 saturated carbocycles. The molecule has 1 fully saturated rings. The van der Waals surface area contributed by atoms with Crippen LogP contribution in [0.2, 0.25) is 0 Å². The molecule has 1 aliphatic heterocycles. The smallest absolute Gasteiger partial charge is 0.321 e. The van der Waals surface area contributed by atoms with Crippen LogP contribution in [0.1, 0.15) is 24.0 Å². The van der Waals surface area contributed by atoms with Crippen LogP contribution in [0.25, 0.3) is 0 Å². The topological polar surface area (TPSA) is 109 Å². The highest BCUT2D eigenvalue weighted by Crippen LogP contribution is 2.32. The van der Waals surface area contributed by atoms with E-state index in [-0.39, 0.29) is 11.4 Å². The van der Waals surface area contributed by atoms with Crippen LogP contribution in [0.15, 0.2) is 41.5 Å². The summed E-state index contributed by atoms with van der Waals surface area (Å²) in [7, 11) is 1.59. The van der Waals surface area contributed by atoms with Crippen molar-refractivity contribution in [1.82, 2.24) is 14.9 Å². The Morgan fingerprint density at radius 3 is 2.65 bits per heavy atom. The van der Waals surface area contributed by atoms with Gasteiger partial charge in [-0.3, -0.25) is 10.1 Å². The molecule has 8 heteroatoms. The number of benzene rings is 1. The van der Waals surface area contributed by atoms with Gasteiger partial charge in [-0.15, -0.1) is 0 Å². The molecule has 0 radical (unpaired) electrons. The summed E-state index contributed by atoms with van der Waals surface area (Å²) in [5.41, 5.74) is 0.430. The van der Waals surface area contributed by atoms with Crippen molar-refractivity contribution in [3.63, 3.8) is 0 Å². The molecule has 0 bridgehead atoms. The van der Waals surface area contributed by atoms with Crippen LogP contribution in [-0.2, 0) is 17.3 Å². The number of carbonyl (C=O) groups excluding carboxylic acids is 1. The van der Waals surface area contributed by atoms with Gasteiger partial charge in [-0.05, 0) is 30.5 Å². The van der Waals surface area contributed by atoms with Gasteiger partial charge in [0, 0.05) is 32.7 Å². The summed E-state index contributed by atoms with van der Waals surface area (Å²) in [6.07, 6.45) is 4.14. The number of rotatable bonds is 3. The van der Waals surface area contributed by atoms with Gasteiger partial charge in [-0.25, -0.2) is 9.78 Å². The molecule has 3 rings (SSSR count). The summed E-state index contributed by atoms with van der Waals surface area (Å²) in [4.78, 5) is 28.5. The van der Waals surface area contributed by atoms with Crippen molar-refractivity contribution in [1.29, 1.82) is 5.26 Å². The summed E-state index contributed by atoms with van der Waals surface area (Å²) >= 11 is 0. The first-order valence-electron chi connectivity index (χ1n) is 8.23. The number of hydrogen-bond donors (Lipinski definition) is 2. The Hall–Kier alpha value is -3.18. The average Bonchev–Trinajstić information content (AvgIpc) is 2.66. The van der Waals surface area contributed by atoms with Crippen molar-refractivity contribution in [2.75, 3.05) is 18.5 Å². The molecule has 1 aliphatic rings. The second-order valence-electron chi connectivity index (χ2n) is 6.15. The first-order chi connectivity index (χ1) is 12.5. The molecule has 26 heavy (non-hydrogen) atoms. The number of hydrogen-bond acceptors (Lipinski definition) is 5. The molecule has 0 unspecified atom stereocenters. The van der Waals surface area contributed by atoms with E-state index >= 15 is 0 Å². The highest BCUT2D eigenvalue weighted by Gasteiger charge is 2.36. The lowest BCUT2D eigenvalue weighted by molar-refractivity contribution is 0.0418. The van der Waals surface area contributed by atoms with Crippen molar-refractivity contribution in [2.24, 2.45) is 7.05 Å². The van der Waals surface area contributed by atoms with E-state index in [1.807, 2.05) is 12.1 Å². The van der Waals surface area contributed by atoms with Gasteiger partial charge in [0.1, 0.15) is 0 Å². The van der Waals surface area contributed by atoms with Crippen molar-refractivity contribution >= 4 is 11.8 Å². The van der Waals surface area contributed by atoms with E-state index < -0.39 is 11.6 Å². The molecule has 2 N–H and O–H groups in total. The molecular formula is C18H19N5O3. The van der Waals surface area contributed by atoms with Crippen LogP contribution in [0.5, 0.6) is 0 Å². The first-order valence-corrected chi connectivity index (χ1v) is 8.23. The van der Waals surface area contributed by atoms with Crippen molar-refractivity contribution in [3.8, 4) is 6.07 Å². The second-order valence-corrected chi connectivity index (χ2v) is 6.15. The molecule has 8 nitrogen and oxygen atoms in total. The van der Waals surface area contributed by atoms with Crippen LogP contribution in [0.3, 0.4) is 0 Å². The van der Waals surface area contributed by atoms with Gasteiger partial charge in [0.25, 0.3) is 5.56 Å². The van der Waals surface area contributed by atoms with Crippen molar-refractivity contribution in [2.45, 2.75) is 18.4 Å². The highest BCUT2D eigenvalue weighted by molar-refractivity contribution is 5.88. The SMILES string of the molecule is Cn1ccnc(NC(=O)NC2(c3ccc(C#N)cc3)CCOCC2)c1=O. The number of carbonyl (C=O) groups is 1. The minimum atomic E-state index is -0.629.